The summed E-state index contributed by atoms with van der Waals surface area (Å²) in [5.74, 6) is 0. The van der Waals surface area contributed by atoms with Crippen LogP contribution in [0.15, 0.2) is 96.4 Å². The van der Waals surface area contributed by atoms with Crippen molar-refractivity contribution in [1.82, 2.24) is 0 Å². The van der Waals surface area contributed by atoms with Gasteiger partial charge in [-0.25, -0.2) is 0 Å². The van der Waals surface area contributed by atoms with Crippen molar-refractivity contribution in [1.29, 1.82) is 0 Å². The molecule has 0 amide bonds. The first kappa shape index (κ1) is 12.3. The van der Waals surface area contributed by atoms with E-state index < -0.39 is 0 Å². The van der Waals surface area contributed by atoms with Crippen LogP contribution in [-0.4, -0.2) is 0 Å². The molecule has 0 aromatic heterocycles. The van der Waals surface area contributed by atoms with Gasteiger partial charge in [0, 0.05) is 22.3 Å². The van der Waals surface area contributed by atoms with Crippen LogP contribution < -0.4 is 0 Å². The average Bonchev–Trinajstić information content (AvgIpc) is 2.49. The maximum atomic E-state index is 3.80. The Labute approximate surface area is 119 Å². The van der Waals surface area contributed by atoms with Crippen molar-refractivity contribution in [2.45, 2.75) is 0 Å². The van der Waals surface area contributed by atoms with Crippen LogP contribution in [0.5, 0.6) is 0 Å². The van der Waals surface area contributed by atoms with Gasteiger partial charge in [-0.15, -0.1) is 11.5 Å². The van der Waals surface area contributed by atoms with E-state index in [9.17, 15) is 0 Å². The normalized spacial score (nSPS) is 13.6. The number of rotatable bonds is 2. The fourth-order valence-electron chi connectivity index (χ4n) is 2.58. The van der Waals surface area contributed by atoms with Crippen molar-refractivity contribution in [3.63, 3.8) is 0 Å². The SMILES string of the molecule is C=C=C1C(=C=C)C(c2ccccc2)=C1c1ccccc1. The molecule has 0 atom stereocenters. The summed E-state index contributed by atoms with van der Waals surface area (Å²) in [7, 11) is 0. The Kier molecular flexibility index (Phi) is 3.11. The van der Waals surface area contributed by atoms with Crippen molar-refractivity contribution in [2.75, 3.05) is 0 Å². The Morgan fingerprint density at radius 3 is 1.20 bits per heavy atom. The van der Waals surface area contributed by atoms with Gasteiger partial charge in [-0.2, -0.15) is 0 Å². The Morgan fingerprint density at radius 1 is 0.550 bits per heavy atom. The molecule has 1 aliphatic carbocycles. The molecule has 0 N–H and O–H groups in total. The minimum Gasteiger partial charge on any atom is -0.119 e. The number of hydrogen-bond acceptors (Lipinski definition) is 0. The Bertz CT molecular complexity index is 707. The predicted molar refractivity (Wildman–Crippen MR) is 85.0 cm³/mol. The second kappa shape index (κ2) is 5.07. The summed E-state index contributed by atoms with van der Waals surface area (Å²) in [4.78, 5) is 0. The largest absolute Gasteiger partial charge is 0.119 e. The zero-order valence-electron chi connectivity index (χ0n) is 11.2. The molecule has 94 valence electrons. The van der Waals surface area contributed by atoms with E-state index in [1.807, 2.05) is 36.4 Å². The zero-order chi connectivity index (χ0) is 13.9. The third-order valence-corrected chi connectivity index (χ3v) is 3.48. The molecule has 0 unspecified atom stereocenters. The van der Waals surface area contributed by atoms with E-state index in [0.717, 1.165) is 11.1 Å². The van der Waals surface area contributed by atoms with Crippen LogP contribution >= 0.6 is 0 Å². The molecule has 0 spiro atoms. The van der Waals surface area contributed by atoms with Gasteiger partial charge >= 0.3 is 0 Å². The topological polar surface area (TPSA) is 0 Å². The van der Waals surface area contributed by atoms with Gasteiger partial charge in [0.15, 0.2) is 0 Å². The van der Waals surface area contributed by atoms with Crippen LogP contribution in [0.4, 0.5) is 0 Å². The van der Waals surface area contributed by atoms with Gasteiger partial charge in [-0.1, -0.05) is 73.8 Å². The number of allylic oxidation sites excluding steroid dienone is 4. The van der Waals surface area contributed by atoms with Crippen molar-refractivity contribution in [2.24, 2.45) is 0 Å². The number of hydrogen-bond donors (Lipinski definition) is 0. The van der Waals surface area contributed by atoms with Crippen LogP contribution in [0.3, 0.4) is 0 Å². The third-order valence-electron chi connectivity index (χ3n) is 3.48. The summed E-state index contributed by atoms with van der Waals surface area (Å²) in [6.45, 7) is 7.60. The van der Waals surface area contributed by atoms with Gasteiger partial charge in [0.1, 0.15) is 0 Å². The van der Waals surface area contributed by atoms with Gasteiger partial charge in [0.05, 0.1) is 0 Å². The van der Waals surface area contributed by atoms with Crippen molar-refractivity contribution in [3.05, 3.63) is 108 Å². The summed E-state index contributed by atoms with van der Waals surface area (Å²) >= 11 is 0. The molecular formula is C20H14. The van der Waals surface area contributed by atoms with Crippen LogP contribution in [0.1, 0.15) is 11.1 Å². The van der Waals surface area contributed by atoms with Crippen molar-refractivity contribution in [3.8, 4) is 0 Å². The molecule has 1 aliphatic rings. The molecule has 0 fully saturated rings. The third kappa shape index (κ3) is 1.81. The summed E-state index contributed by atoms with van der Waals surface area (Å²) in [6, 6.07) is 20.6. The first-order valence-corrected chi connectivity index (χ1v) is 6.53. The van der Waals surface area contributed by atoms with E-state index in [4.69, 9.17) is 0 Å². The van der Waals surface area contributed by atoms with Gasteiger partial charge < -0.3 is 0 Å². The van der Waals surface area contributed by atoms with Gasteiger partial charge in [-0.3, -0.25) is 0 Å². The standard InChI is InChI=1S/C20H14/c1-3-17-18(4-2)20(16-13-9-6-10-14-16)19(17)15-11-7-5-8-12-15/h5-14H,1-2H2. The molecule has 0 radical (unpaired) electrons. The molecular weight excluding hydrogens is 240 g/mol. The number of benzene rings is 2. The fourth-order valence-corrected chi connectivity index (χ4v) is 2.58. The monoisotopic (exact) mass is 254 g/mol. The van der Waals surface area contributed by atoms with Crippen LogP contribution in [-0.2, 0) is 0 Å². The van der Waals surface area contributed by atoms with Crippen LogP contribution in [0.25, 0.3) is 11.1 Å². The lowest BCUT2D eigenvalue weighted by molar-refractivity contribution is 1.44. The molecule has 2 aromatic rings. The Morgan fingerprint density at radius 2 is 0.900 bits per heavy atom. The van der Waals surface area contributed by atoms with Gasteiger partial charge in [0.2, 0.25) is 0 Å². The van der Waals surface area contributed by atoms with Gasteiger partial charge in [0.25, 0.3) is 0 Å². The fraction of sp³-hybridized carbons (Fsp3) is 0. The highest BCUT2D eigenvalue weighted by atomic mass is 14.3. The Balaban J connectivity index is 2.30. The highest BCUT2D eigenvalue weighted by molar-refractivity contribution is 6.17. The van der Waals surface area contributed by atoms with Crippen molar-refractivity contribution < 1.29 is 0 Å². The highest BCUT2D eigenvalue weighted by Gasteiger charge is 2.30. The molecule has 0 nitrogen and oxygen atoms in total. The molecule has 20 heavy (non-hydrogen) atoms. The molecule has 0 heteroatoms. The molecule has 0 heterocycles. The lowest BCUT2D eigenvalue weighted by Gasteiger charge is -2.28. The average molecular weight is 254 g/mol. The Hall–Kier alpha value is -2.78. The maximum absolute atomic E-state index is 3.80. The summed E-state index contributed by atoms with van der Waals surface area (Å²) in [5, 5.41) is 0. The van der Waals surface area contributed by atoms with Crippen LogP contribution in [0.2, 0.25) is 0 Å². The van der Waals surface area contributed by atoms with E-state index in [-0.39, 0.29) is 0 Å². The second-order valence-electron chi connectivity index (χ2n) is 4.59. The summed E-state index contributed by atoms with van der Waals surface area (Å²) in [5.41, 5.74) is 12.8. The first-order chi connectivity index (χ1) is 9.86. The van der Waals surface area contributed by atoms with Gasteiger partial charge in [-0.05, 0) is 11.1 Å². The molecule has 0 aliphatic heterocycles. The molecule has 0 saturated carbocycles. The van der Waals surface area contributed by atoms with E-state index >= 15 is 0 Å². The minimum atomic E-state index is 1.00. The predicted octanol–water partition coefficient (Wildman–Crippen LogP) is 5.03. The van der Waals surface area contributed by atoms with E-state index in [2.05, 4.69) is 48.9 Å². The maximum Gasteiger partial charge on any atom is 0.0400 e. The second-order valence-corrected chi connectivity index (χ2v) is 4.59. The first-order valence-electron chi connectivity index (χ1n) is 6.53. The zero-order valence-corrected chi connectivity index (χ0v) is 11.2. The molecule has 2 aromatic carbocycles. The van der Waals surface area contributed by atoms with Crippen molar-refractivity contribution >= 4 is 11.1 Å². The quantitative estimate of drug-likeness (QED) is 0.659. The highest BCUT2D eigenvalue weighted by Crippen LogP contribution is 2.49. The molecule has 3 rings (SSSR count). The van der Waals surface area contributed by atoms with E-state index in [0.29, 0.717) is 0 Å². The minimum absolute atomic E-state index is 1.00. The molecule has 0 saturated heterocycles. The van der Waals surface area contributed by atoms with E-state index in [1.165, 1.54) is 22.3 Å². The smallest absolute Gasteiger partial charge is 0.0400 e. The van der Waals surface area contributed by atoms with Crippen LogP contribution in [0, 0.1) is 0 Å². The lowest BCUT2D eigenvalue weighted by atomic mass is 9.72. The summed E-state index contributed by atoms with van der Waals surface area (Å²) in [6.07, 6.45) is 0. The van der Waals surface area contributed by atoms with E-state index in [1.54, 1.807) is 0 Å². The molecule has 0 bridgehead atoms. The summed E-state index contributed by atoms with van der Waals surface area (Å²) < 4.78 is 0. The lowest BCUT2D eigenvalue weighted by Crippen LogP contribution is -2.10.